The van der Waals surface area contributed by atoms with E-state index < -0.39 is 5.60 Å². The highest BCUT2D eigenvalue weighted by Crippen LogP contribution is 2.43. The molecule has 0 aliphatic heterocycles. The van der Waals surface area contributed by atoms with Crippen LogP contribution >= 0.6 is 0 Å². The van der Waals surface area contributed by atoms with Gasteiger partial charge in [0.05, 0.1) is 0 Å². The zero-order chi connectivity index (χ0) is 13.7. The monoisotopic (exact) mass is 264 g/mol. The summed E-state index contributed by atoms with van der Waals surface area (Å²) in [6, 6.07) is 16.1. The zero-order valence-corrected chi connectivity index (χ0v) is 11.4. The third-order valence-corrected chi connectivity index (χ3v) is 4.37. The van der Waals surface area contributed by atoms with Crippen LogP contribution in [0.5, 0.6) is 0 Å². The zero-order valence-electron chi connectivity index (χ0n) is 11.4. The maximum absolute atomic E-state index is 11.1. The van der Waals surface area contributed by atoms with Crippen LogP contribution in [0.4, 0.5) is 0 Å². The number of aryl methyl sites for hydroxylation is 2. The van der Waals surface area contributed by atoms with E-state index in [1.165, 1.54) is 5.56 Å². The minimum atomic E-state index is -0.984. The molecule has 1 unspecified atom stereocenters. The molecular formula is C18H16O2. The second kappa shape index (κ2) is 3.97. The van der Waals surface area contributed by atoms with Gasteiger partial charge in [-0.05, 0) is 42.5 Å². The highest BCUT2D eigenvalue weighted by Gasteiger charge is 2.41. The van der Waals surface area contributed by atoms with Gasteiger partial charge in [-0.2, -0.15) is 0 Å². The predicted octanol–water partition coefficient (Wildman–Crippen LogP) is 3.92. The fraction of sp³-hybridized carbons (Fsp3) is 0.222. The van der Waals surface area contributed by atoms with E-state index in [9.17, 15) is 5.11 Å². The first-order valence-electron chi connectivity index (χ1n) is 6.99. The molecule has 0 amide bonds. The van der Waals surface area contributed by atoms with Crippen LogP contribution < -0.4 is 0 Å². The van der Waals surface area contributed by atoms with Gasteiger partial charge in [-0.25, -0.2) is 0 Å². The smallest absolute Gasteiger partial charge is 0.148 e. The molecule has 0 radical (unpaired) electrons. The molecule has 1 aliphatic rings. The van der Waals surface area contributed by atoms with Crippen LogP contribution in [0.25, 0.3) is 11.0 Å². The summed E-state index contributed by atoms with van der Waals surface area (Å²) in [5.74, 6) is 0.659. The van der Waals surface area contributed by atoms with Crippen LogP contribution in [0.1, 0.15) is 28.9 Å². The Morgan fingerprint density at radius 3 is 2.80 bits per heavy atom. The lowest BCUT2D eigenvalue weighted by molar-refractivity contribution is 0.0605. The average molecular weight is 264 g/mol. The van der Waals surface area contributed by atoms with E-state index in [2.05, 4.69) is 6.07 Å². The molecule has 2 nitrogen and oxygen atoms in total. The molecule has 1 aliphatic carbocycles. The van der Waals surface area contributed by atoms with Crippen LogP contribution in [-0.4, -0.2) is 5.11 Å². The standard InChI is InChI=1S/C18H16O2/c1-12-5-4-7-14-11-16(20-17(12)14)18(19)10-9-13-6-2-3-8-15(13)18/h2-8,11,19H,9-10H2,1H3. The van der Waals surface area contributed by atoms with Crippen molar-refractivity contribution in [2.45, 2.75) is 25.4 Å². The van der Waals surface area contributed by atoms with Gasteiger partial charge in [0.1, 0.15) is 16.9 Å². The molecule has 4 rings (SSSR count). The molecule has 1 atom stereocenters. The molecule has 2 aromatic carbocycles. The molecule has 2 heteroatoms. The second-order valence-corrected chi connectivity index (χ2v) is 5.62. The van der Waals surface area contributed by atoms with Crippen LogP contribution in [0.3, 0.4) is 0 Å². The topological polar surface area (TPSA) is 33.4 Å². The van der Waals surface area contributed by atoms with Crippen LogP contribution in [0.15, 0.2) is 52.9 Å². The largest absolute Gasteiger partial charge is 0.457 e. The Balaban J connectivity index is 1.93. The van der Waals surface area contributed by atoms with Gasteiger partial charge >= 0.3 is 0 Å². The summed E-state index contributed by atoms with van der Waals surface area (Å²) in [7, 11) is 0. The lowest BCUT2D eigenvalue weighted by Crippen LogP contribution is -2.22. The normalized spacial score (nSPS) is 21.3. The number of benzene rings is 2. The molecule has 0 saturated carbocycles. The quantitative estimate of drug-likeness (QED) is 0.722. The Morgan fingerprint density at radius 1 is 1.10 bits per heavy atom. The minimum absolute atomic E-state index is 0.659. The molecule has 100 valence electrons. The lowest BCUT2D eigenvalue weighted by atomic mass is 9.93. The molecule has 0 bridgehead atoms. The summed E-state index contributed by atoms with van der Waals surface area (Å²) >= 11 is 0. The maximum Gasteiger partial charge on any atom is 0.148 e. The third kappa shape index (κ3) is 1.49. The minimum Gasteiger partial charge on any atom is -0.457 e. The van der Waals surface area contributed by atoms with E-state index in [-0.39, 0.29) is 0 Å². The fourth-order valence-corrected chi connectivity index (χ4v) is 3.26. The van der Waals surface area contributed by atoms with Gasteiger partial charge in [0, 0.05) is 5.39 Å². The Morgan fingerprint density at radius 2 is 1.95 bits per heavy atom. The summed E-state index contributed by atoms with van der Waals surface area (Å²) in [6.45, 7) is 2.03. The number of fused-ring (bicyclic) bond motifs is 2. The van der Waals surface area contributed by atoms with E-state index >= 15 is 0 Å². The Hall–Kier alpha value is -2.06. The number of hydrogen-bond donors (Lipinski definition) is 1. The molecule has 0 fully saturated rings. The number of rotatable bonds is 1. The molecule has 1 N–H and O–H groups in total. The highest BCUT2D eigenvalue weighted by molar-refractivity contribution is 5.81. The van der Waals surface area contributed by atoms with Crippen LogP contribution in [-0.2, 0) is 12.0 Å². The van der Waals surface area contributed by atoms with Gasteiger partial charge in [-0.15, -0.1) is 0 Å². The molecule has 1 aromatic heterocycles. The van der Waals surface area contributed by atoms with Crippen molar-refractivity contribution in [1.29, 1.82) is 0 Å². The molecule has 1 heterocycles. The number of hydrogen-bond acceptors (Lipinski definition) is 2. The summed E-state index contributed by atoms with van der Waals surface area (Å²) in [6.07, 6.45) is 1.58. The van der Waals surface area contributed by atoms with Crippen molar-refractivity contribution in [3.8, 4) is 0 Å². The van der Waals surface area contributed by atoms with Crippen molar-refractivity contribution in [1.82, 2.24) is 0 Å². The first-order valence-corrected chi connectivity index (χ1v) is 6.99. The molecule has 0 spiro atoms. The van der Waals surface area contributed by atoms with Gasteiger partial charge < -0.3 is 9.52 Å². The SMILES string of the molecule is Cc1cccc2cc(C3(O)CCc4ccccc43)oc12. The van der Waals surface area contributed by atoms with Crippen molar-refractivity contribution in [3.63, 3.8) is 0 Å². The number of para-hydroxylation sites is 1. The van der Waals surface area contributed by atoms with Gasteiger partial charge in [0.25, 0.3) is 0 Å². The molecule has 20 heavy (non-hydrogen) atoms. The summed E-state index contributed by atoms with van der Waals surface area (Å²) in [5.41, 5.74) is 3.19. The predicted molar refractivity (Wildman–Crippen MR) is 78.7 cm³/mol. The first kappa shape index (κ1) is 11.7. The maximum atomic E-state index is 11.1. The first-order chi connectivity index (χ1) is 9.68. The van der Waals surface area contributed by atoms with Crippen molar-refractivity contribution in [2.75, 3.05) is 0 Å². The van der Waals surface area contributed by atoms with Crippen molar-refractivity contribution < 1.29 is 9.52 Å². The Kier molecular flexibility index (Phi) is 2.33. The Labute approximate surface area is 117 Å². The lowest BCUT2D eigenvalue weighted by Gasteiger charge is -2.21. The van der Waals surface area contributed by atoms with Crippen LogP contribution in [0, 0.1) is 6.92 Å². The van der Waals surface area contributed by atoms with Crippen molar-refractivity contribution in [3.05, 3.63) is 71.0 Å². The molecular weight excluding hydrogens is 248 g/mol. The molecule has 0 saturated heterocycles. The Bertz CT molecular complexity index is 800. The van der Waals surface area contributed by atoms with Gasteiger partial charge in [-0.1, -0.05) is 42.5 Å². The highest BCUT2D eigenvalue weighted by atomic mass is 16.4. The molecule has 3 aromatic rings. The van der Waals surface area contributed by atoms with Crippen LogP contribution in [0.2, 0.25) is 0 Å². The van der Waals surface area contributed by atoms with E-state index in [4.69, 9.17) is 4.42 Å². The van der Waals surface area contributed by atoms with E-state index in [0.717, 1.165) is 28.5 Å². The second-order valence-electron chi connectivity index (χ2n) is 5.62. The van der Waals surface area contributed by atoms with Gasteiger partial charge in [0.15, 0.2) is 0 Å². The van der Waals surface area contributed by atoms with Gasteiger partial charge in [-0.3, -0.25) is 0 Å². The fourth-order valence-electron chi connectivity index (χ4n) is 3.26. The average Bonchev–Trinajstić information content (AvgIpc) is 3.04. The third-order valence-electron chi connectivity index (χ3n) is 4.37. The summed E-state index contributed by atoms with van der Waals surface area (Å²) in [5, 5.41) is 12.2. The summed E-state index contributed by atoms with van der Waals surface area (Å²) < 4.78 is 5.99. The number of aliphatic hydroxyl groups is 1. The van der Waals surface area contributed by atoms with E-state index in [1.807, 2.05) is 49.4 Å². The van der Waals surface area contributed by atoms with E-state index in [0.29, 0.717) is 12.2 Å². The summed E-state index contributed by atoms with van der Waals surface area (Å²) in [4.78, 5) is 0. The van der Waals surface area contributed by atoms with Gasteiger partial charge in [0.2, 0.25) is 0 Å². The van der Waals surface area contributed by atoms with Crippen molar-refractivity contribution in [2.24, 2.45) is 0 Å². The van der Waals surface area contributed by atoms with Crippen molar-refractivity contribution >= 4 is 11.0 Å². The number of furan rings is 1. The van der Waals surface area contributed by atoms with E-state index in [1.54, 1.807) is 0 Å².